The van der Waals surface area contributed by atoms with E-state index >= 15 is 0 Å². The standard InChI is InChI=1S/C13H22N4O/c1-3-15-13(18)10-17(4-2)12(9-14)11-7-5-6-8-16-11/h5-8,12H,3-4,9-10,14H2,1-2H3,(H,15,18). The molecule has 0 aliphatic heterocycles. The van der Waals surface area contributed by atoms with E-state index in [1.165, 1.54) is 0 Å². The Morgan fingerprint density at radius 1 is 1.50 bits per heavy atom. The number of amides is 1. The molecule has 5 heteroatoms. The lowest BCUT2D eigenvalue weighted by molar-refractivity contribution is -0.122. The summed E-state index contributed by atoms with van der Waals surface area (Å²) in [6.45, 7) is 6.13. The molecule has 100 valence electrons. The zero-order valence-electron chi connectivity index (χ0n) is 11.1. The smallest absolute Gasteiger partial charge is 0.234 e. The third-order valence-electron chi connectivity index (χ3n) is 2.82. The Labute approximate surface area is 108 Å². The van der Waals surface area contributed by atoms with E-state index in [2.05, 4.69) is 10.3 Å². The third-order valence-corrected chi connectivity index (χ3v) is 2.82. The van der Waals surface area contributed by atoms with E-state index in [9.17, 15) is 4.79 Å². The number of hydrogen-bond acceptors (Lipinski definition) is 4. The molecule has 0 saturated heterocycles. The normalized spacial score (nSPS) is 12.4. The van der Waals surface area contributed by atoms with E-state index in [0.717, 1.165) is 12.2 Å². The zero-order chi connectivity index (χ0) is 13.4. The van der Waals surface area contributed by atoms with Crippen LogP contribution >= 0.6 is 0 Å². The van der Waals surface area contributed by atoms with Crippen molar-refractivity contribution in [3.63, 3.8) is 0 Å². The highest BCUT2D eigenvalue weighted by atomic mass is 16.2. The lowest BCUT2D eigenvalue weighted by atomic mass is 10.1. The molecule has 0 aromatic carbocycles. The van der Waals surface area contributed by atoms with Crippen molar-refractivity contribution in [3.8, 4) is 0 Å². The molecule has 0 aliphatic rings. The van der Waals surface area contributed by atoms with Gasteiger partial charge in [0.1, 0.15) is 0 Å². The van der Waals surface area contributed by atoms with Crippen molar-refractivity contribution in [2.75, 3.05) is 26.2 Å². The van der Waals surface area contributed by atoms with Gasteiger partial charge in [-0.05, 0) is 25.6 Å². The molecule has 1 amide bonds. The summed E-state index contributed by atoms with van der Waals surface area (Å²) < 4.78 is 0. The van der Waals surface area contributed by atoms with E-state index in [0.29, 0.717) is 19.6 Å². The summed E-state index contributed by atoms with van der Waals surface area (Å²) >= 11 is 0. The number of carbonyl (C=O) groups is 1. The van der Waals surface area contributed by atoms with Crippen LogP contribution in [0.5, 0.6) is 0 Å². The number of nitrogens with zero attached hydrogens (tertiary/aromatic N) is 2. The Morgan fingerprint density at radius 3 is 2.78 bits per heavy atom. The highest BCUT2D eigenvalue weighted by Gasteiger charge is 2.20. The topological polar surface area (TPSA) is 71.2 Å². The molecular weight excluding hydrogens is 228 g/mol. The summed E-state index contributed by atoms with van der Waals surface area (Å²) in [5, 5.41) is 2.80. The molecule has 3 N–H and O–H groups in total. The van der Waals surface area contributed by atoms with Crippen LogP contribution in [0.3, 0.4) is 0 Å². The number of nitrogens with one attached hydrogen (secondary N) is 1. The van der Waals surface area contributed by atoms with Gasteiger partial charge < -0.3 is 11.1 Å². The first kappa shape index (κ1) is 14.6. The quantitative estimate of drug-likeness (QED) is 0.741. The first-order valence-electron chi connectivity index (χ1n) is 6.34. The molecule has 0 bridgehead atoms. The second kappa shape index (κ2) is 7.79. The van der Waals surface area contributed by atoms with Crippen molar-refractivity contribution < 1.29 is 4.79 Å². The number of aromatic nitrogens is 1. The van der Waals surface area contributed by atoms with Gasteiger partial charge in [-0.15, -0.1) is 0 Å². The summed E-state index contributed by atoms with van der Waals surface area (Å²) in [7, 11) is 0. The molecule has 0 aliphatic carbocycles. The summed E-state index contributed by atoms with van der Waals surface area (Å²) in [6.07, 6.45) is 1.75. The fourth-order valence-electron chi connectivity index (χ4n) is 1.91. The van der Waals surface area contributed by atoms with Crippen LogP contribution < -0.4 is 11.1 Å². The maximum atomic E-state index is 11.7. The number of rotatable bonds is 7. The number of carbonyl (C=O) groups excluding carboxylic acids is 1. The van der Waals surface area contributed by atoms with Crippen LogP contribution in [0.2, 0.25) is 0 Å². The highest BCUT2D eigenvalue weighted by molar-refractivity contribution is 5.78. The van der Waals surface area contributed by atoms with E-state index in [4.69, 9.17) is 5.73 Å². The molecule has 1 aromatic rings. The molecule has 1 rings (SSSR count). The van der Waals surface area contributed by atoms with Crippen molar-refractivity contribution in [2.45, 2.75) is 19.9 Å². The minimum atomic E-state index is -0.0150. The van der Waals surface area contributed by atoms with E-state index < -0.39 is 0 Å². The number of nitrogens with two attached hydrogens (primary N) is 1. The average molecular weight is 250 g/mol. The molecule has 0 radical (unpaired) electrons. The number of likely N-dealkylation sites (N-methyl/N-ethyl adjacent to an activating group) is 2. The van der Waals surface area contributed by atoms with Crippen molar-refractivity contribution in [1.29, 1.82) is 0 Å². The molecular formula is C13H22N4O. The van der Waals surface area contributed by atoms with Crippen LogP contribution in [0.4, 0.5) is 0 Å². The van der Waals surface area contributed by atoms with Crippen LogP contribution in [0, 0.1) is 0 Å². The van der Waals surface area contributed by atoms with Gasteiger partial charge in [0.25, 0.3) is 0 Å². The summed E-state index contributed by atoms with van der Waals surface area (Å²) in [5.41, 5.74) is 6.73. The van der Waals surface area contributed by atoms with E-state index in [1.54, 1.807) is 6.20 Å². The van der Waals surface area contributed by atoms with Gasteiger partial charge >= 0.3 is 0 Å². The second-order valence-electron chi connectivity index (χ2n) is 4.02. The van der Waals surface area contributed by atoms with Gasteiger partial charge in [-0.1, -0.05) is 13.0 Å². The second-order valence-corrected chi connectivity index (χ2v) is 4.02. The van der Waals surface area contributed by atoms with Crippen LogP contribution in [0.1, 0.15) is 25.6 Å². The summed E-state index contributed by atoms with van der Waals surface area (Å²) in [5.74, 6) is 0.0220. The van der Waals surface area contributed by atoms with Gasteiger partial charge in [0, 0.05) is 19.3 Å². The number of pyridine rings is 1. The molecule has 5 nitrogen and oxygen atoms in total. The van der Waals surface area contributed by atoms with Crippen molar-refractivity contribution in [1.82, 2.24) is 15.2 Å². The maximum absolute atomic E-state index is 11.7. The minimum absolute atomic E-state index is 0.0150. The van der Waals surface area contributed by atoms with Crippen LogP contribution in [-0.4, -0.2) is 42.0 Å². The lowest BCUT2D eigenvalue weighted by Crippen LogP contribution is -2.41. The van der Waals surface area contributed by atoms with Crippen molar-refractivity contribution in [2.24, 2.45) is 5.73 Å². The highest BCUT2D eigenvalue weighted by Crippen LogP contribution is 2.16. The van der Waals surface area contributed by atoms with Crippen molar-refractivity contribution in [3.05, 3.63) is 30.1 Å². The summed E-state index contributed by atoms with van der Waals surface area (Å²) in [4.78, 5) is 18.0. The van der Waals surface area contributed by atoms with Gasteiger partial charge in [0.2, 0.25) is 5.91 Å². The largest absolute Gasteiger partial charge is 0.355 e. The van der Waals surface area contributed by atoms with Gasteiger partial charge in [-0.25, -0.2) is 0 Å². The molecule has 1 atom stereocenters. The maximum Gasteiger partial charge on any atom is 0.234 e. The monoisotopic (exact) mass is 250 g/mol. The predicted molar refractivity (Wildman–Crippen MR) is 72.0 cm³/mol. The van der Waals surface area contributed by atoms with Crippen LogP contribution in [0.15, 0.2) is 24.4 Å². The SMILES string of the molecule is CCNC(=O)CN(CC)C(CN)c1ccccn1. The Morgan fingerprint density at radius 2 is 2.28 bits per heavy atom. The lowest BCUT2D eigenvalue weighted by Gasteiger charge is -2.28. The third kappa shape index (κ3) is 4.09. The van der Waals surface area contributed by atoms with Crippen molar-refractivity contribution >= 4 is 5.91 Å². The molecule has 0 spiro atoms. The zero-order valence-corrected chi connectivity index (χ0v) is 11.1. The molecule has 1 aromatic heterocycles. The molecule has 0 fully saturated rings. The Kier molecular flexibility index (Phi) is 6.32. The van der Waals surface area contributed by atoms with E-state index in [1.807, 2.05) is 36.9 Å². The fourth-order valence-corrected chi connectivity index (χ4v) is 1.91. The van der Waals surface area contributed by atoms with Gasteiger partial charge in [0.05, 0.1) is 18.3 Å². The molecule has 1 unspecified atom stereocenters. The van der Waals surface area contributed by atoms with E-state index in [-0.39, 0.29) is 11.9 Å². The Bertz CT molecular complexity index is 355. The summed E-state index contributed by atoms with van der Waals surface area (Å²) in [6, 6.07) is 5.74. The van der Waals surface area contributed by atoms with Crippen LogP contribution in [0.25, 0.3) is 0 Å². The molecule has 18 heavy (non-hydrogen) atoms. The first-order chi connectivity index (χ1) is 8.72. The van der Waals surface area contributed by atoms with Gasteiger partial charge in [0.15, 0.2) is 0 Å². The predicted octanol–water partition coefficient (Wildman–Crippen LogP) is 0.539. The number of hydrogen-bond donors (Lipinski definition) is 2. The molecule has 0 saturated carbocycles. The Hall–Kier alpha value is -1.46. The van der Waals surface area contributed by atoms with Gasteiger partial charge in [-0.2, -0.15) is 0 Å². The Balaban J connectivity index is 2.75. The van der Waals surface area contributed by atoms with Crippen LogP contribution in [-0.2, 0) is 4.79 Å². The fraction of sp³-hybridized carbons (Fsp3) is 0.538. The first-order valence-corrected chi connectivity index (χ1v) is 6.34. The minimum Gasteiger partial charge on any atom is -0.355 e. The average Bonchev–Trinajstić information content (AvgIpc) is 2.40. The molecule has 1 heterocycles. The van der Waals surface area contributed by atoms with Gasteiger partial charge in [-0.3, -0.25) is 14.7 Å².